The lowest BCUT2D eigenvalue weighted by Gasteiger charge is -2.11. The van der Waals surface area contributed by atoms with E-state index in [1.54, 1.807) is 6.07 Å². The van der Waals surface area contributed by atoms with Crippen LogP contribution in [-0.2, 0) is 0 Å². The summed E-state index contributed by atoms with van der Waals surface area (Å²) in [6.07, 6.45) is 0.828. The second kappa shape index (κ2) is 4.88. The molecule has 0 amide bonds. The minimum atomic E-state index is -1.12. The molecule has 6 heteroatoms. The van der Waals surface area contributed by atoms with Crippen LogP contribution in [0, 0.1) is 6.92 Å². The number of carbonyl (C=O) groups is 1. The van der Waals surface area contributed by atoms with E-state index >= 15 is 0 Å². The maximum atomic E-state index is 10.8. The predicted octanol–water partition coefficient (Wildman–Crippen LogP) is 2.51. The number of hydrogen-bond acceptors (Lipinski definition) is 5. The zero-order chi connectivity index (χ0) is 14.1. The zero-order valence-corrected chi connectivity index (χ0v) is 10.9. The van der Waals surface area contributed by atoms with E-state index in [1.165, 1.54) is 6.07 Å². The monoisotopic (exact) mass is 275 g/mol. The smallest absolute Gasteiger partial charge is 0.358 e. The van der Waals surface area contributed by atoms with Gasteiger partial charge in [0, 0.05) is 18.1 Å². The van der Waals surface area contributed by atoms with E-state index in [0.29, 0.717) is 30.3 Å². The first-order valence-corrected chi connectivity index (χ1v) is 6.26. The van der Waals surface area contributed by atoms with E-state index in [0.717, 1.165) is 17.7 Å². The van der Waals surface area contributed by atoms with E-state index in [-0.39, 0.29) is 5.69 Å². The molecule has 0 unspecified atom stereocenters. The Morgan fingerprint density at radius 3 is 2.80 bits per heavy atom. The van der Waals surface area contributed by atoms with Crippen LogP contribution in [0.3, 0.4) is 0 Å². The van der Waals surface area contributed by atoms with Crippen molar-refractivity contribution in [2.45, 2.75) is 13.3 Å². The summed E-state index contributed by atoms with van der Waals surface area (Å²) in [5.74, 6) is 0.641. The second-order valence-corrected chi connectivity index (χ2v) is 4.55. The van der Waals surface area contributed by atoms with Gasteiger partial charge in [0.2, 0.25) is 0 Å². The number of fused-ring (bicyclic) bond motifs is 1. The van der Waals surface area contributed by atoms with Gasteiger partial charge in [-0.15, -0.1) is 0 Å². The van der Waals surface area contributed by atoms with Crippen LogP contribution in [0.15, 0.2) is 22.7 Å². The number of carboxylic acids is 1. The number of benzene rings is 1. The summed E-state index contributed by atoms with van der Waals surface area (Å²) in [7, 11) is 0. The molecule has 1 aliphatic heterocycles. The molecule has 1 aliphatic rings. The Bertz CT molecular complexity index is 662. The molecule has 1 N–H and O–H groups in total. The van der Waals surface area contributed by atoms with Crippen molar-refractivity contribution < 1.29 is 23.9 Å². The maximum absolute atomic E-state index is 10.8. The first-order chi connectivity index (χ1) is 9.65. The topological polar surface area (TPSA) is 81.8 Å². The molecule has 0 fully saturated rings. The average Bonchev–Trinajstić information content (AvgIpc) is 2.79. The molecule has 0 saturated carbocycles. The summed E-state index contributed by atoms with van der Waals surface area (Å²) in [6.45, 7) is 3.12. The van der Waals surface area contributed by atoms with Crippen molar-refractivity contribution in [3.05, 3.63) is 29.5 Å². The Labute approximate surface area is 114 Å². The van der Waals surface area contributed by atoms with Crippen LogP contribution in [0.2, 0.25) is 0 Å². The minimum Gasteiger partial charge on any atom is -0.490 e. The van der Waals surface area contributed by atoms with Crippen LogP contribution in [-0.4, -0.2) is 29.4 Å². The van der Waals surface area contributed by atoms with Crippen molar-refractivity contribution in [2.24, 2.45) is 0 Å². The van der Waals surface area contributed by atoms with Gasteiger partial charge < -0.3 is 19.1 Å². The predicted molar refractivity (Wildman–Crippen MR) is 69.2 cm³/mol. The Morgan fingerprint density at radius 2 is 2.05 bits per heavy atom. The van der Waals surface area contributed by atoms with Crippen LogP contribution in [0.4, 0.5) is 0 Å². The van der Waals surface area contributed by atoms with Gasteiger partial charge in [0.1, 0.15) is 0 Å². The van der Waals surface area contributed by atoms with Gasteiger partial charge >= 0.3 is 5.97 Å². The molecule has 20 heavy (non-hydrogen) atoms. The summed E-state index contributed by atoms with van der Waals surface area (Å²) in [5.41, 5.74) is 1.50. The van der Waals surface area contributed by atoms with E-state index in [2.05, 4.69) is 5.16 Å². The lowest BCUT2D eigenvalue weighted by atomic mass is 10.1. The maximum Gasteiger partial charge on any atom is 0.358 e. The summed E-state index contributed by atoms with van der Waals surface area (Å²) < 4.78 is 16.4. The molecule has 0 saturated heterocycles. The number of rotatable bonds is 2. The highest BCUT2D eigenvalue weighted by atomic mass is 16.5. The third kappa shape index (κ3) is 2.20. The van der Waals surface area contributed by atoms with Gasteiger partial charge in [-0.3, -0.25) is 0 Å². The molecule has 2 aromatic rings. The molecule has 1 aromatic carbocycles. The molecule has 0 bridgehead atoms. The average molecular weight is 275 g/mol. The lowest BCUT2D eigenvalue weighted by Crippen LogP contribution is -1.97. The number of nitrogens with zero attached hydrogens (tertiary/aromatic N) is 1. The molecule has 3 rings (SSSR count). The number of aromatic nitrogens is 1. The van der Waals surface area contributed by atoms with Crippen molar-refractivity contribution in [3.8, 4) is 22.8 Å². The van der Waals surface area contributed by atoms with Crippen molar-refractivity contribution in [2.75, 3.05) is 13.2 Å². The van der Waals surface area contributed by atoms with Gasteiger partial charge in [-0.25, -0.2) is 4.79 Å². The van der Waals surface area contributed by atoms with Crippen molar-refractivity contribution in [1.82, 2.24) is 5.16 Å². The van der Waals surface area contributed by atoms with Gasteiger partial charge in [0.25, 0.3) is 0 Å². The van der Waals surface area contributed by atoms with Crippen molar-refractivity contribution >= 4 is 5.97 Å². The van der Waals surface area contributed by atoms with E-state index in [1.807, 2.05) is 13.0 Å². The normalized spacial score (nSPS) is 13.8. The minimum absolute atomic E-state index is 0.121. The van der Waals surface area contributed by atoms with E-state index in [4.69, 9.17) is 19.1 Å². The van der Waals surface area contributed by atoms with E-state index in [9.17, 15) is 4.79 Å². The molecule has 0 aliphatic carbocycles. The number of aromatic carboxylic acids is 1. The van der Waals surface area contributed by atoms with Crippen molar-refractivity contribution in [3.63, 3.8) is 0 Å². The summed E-state index contributed by atoms with van der Waals surface area (Å²) in [5, 5.41) is 12.4. The molecule has 104 valence electrons. The van der Waals surface area contributed by atoms with Gasteiger partial charge in [0.05, 0.1) is 13.2 Å². The number of aryl methyl sites for hydroxylation is 1. The molecule has 1 aromatic heterocycles. The van der Waals surface area contributed by atoms with Gasteiger partial charge in [-0.1, -0.05) is 5.16 Å². The van der Waals surface area contributed by atoms with Crippen LogP contribution in [0.25, 0.3) is 11.3 Å². The summed E-state index contributed by atoms with van der Waals surface area (Å²) in [4.78, 5) is 10.8. The Hall–Kier alpha value is -2.50. The van der Waals surface area contributed by atoms with Crippen molar-refractivity contribution in [1.29, 1.82) is 0 Å². The molecule has 2 heterocycles. The summed E-state index contributed by atoms with van der Waals surface area (Å²) >= 11 is 0. The van der Waals surface area contributed by atoms with Gasteiger partial charge in [-0.05, 0) is 24.6 Å². The van der Waals surface area contributed by atoms with Gasteiger partial charge in [-0.2, -0.15) is 0 Å². The van der Waals surface area contributed by atoms with Crippen LogP contribution < -0.4 is 9.47 Å². The van der Waals surface area contributed by atoms with Crippen LogP contribution in [0.5, 0.6) is 11.5 Å². The third-order valence-electron chi connectivity index (χ3n) is 3.05. The van der Waals surface area contributed by atoms with Crippen LogP contribution in [0.1, 0.15) is 22.5 Å². The molecule has 0 radical (unpaired) electrons. The number of hydrogen-bond donors (Lipinski definition) is 1. The third-order valence-corrected chi connectivity index (χ3v) is 3.05. The molecule has 6 nitrogen and oxygen atoms in total. The van der Waals surface area contributed by atoms with Crippen LogP contribution >= 0.6 is 0 Å². The molecular formula is C14H13NO5. The SMILES string of the molecule is Cc1cc(-c2cc(C(=O)O)no2)cc2c1OCCCO2. The standard InChI is InChI=1S/C14H13NO5/c1-8-5-9(11-7-10(14(16)17)15-20-11)6-12-13(8)19-4-2-3-18-12/h5-7H,2-4H2,1H3,(H,16,17). The Kier molecular flexibility index (Phi) is 3.06. The summed E-state index contributed by atoms with van der Waals surface area (Å²) in [6, 6.07) is 5.03. The molecular weight excluding hydrogens is 262 g/mol. The highest BCUT2D eigenvalue weighted by Gasteiger charge is 2.18. The second-order valence-electron chi connectivity index (χ2n) is 4.55. The Morgan fingerprint density at radius 1 is 1.25 bits per heavy atom. The quantitative estimate of drug-likeness (QED) is 0.906. The zero-order valence-electron chi connectivity index (χ0n) is 10.9. The van der Waals surface area contributed by atoms with Gasteiger partial charge in [0.15, 0.2) is 23.0 Å². The van der Waals surface area contributed by atoms with E-state index < -0.39 is 5.97 Å². The fourth-order valence-electron chi connectivity index (χ4n) is 2.10. The first-order valence-electron chi connectivity index (χ1n) is 6.26. The largest absolute Gasteiger partial charge is 0.490 e. The molecule has 0 atom stereocenters. The Balaban J connectivity index is 2.03. The molecule has 0 spiro atoms. The lowest BCUT2D eigenvalue weighted by molar-refractivity contribution is 0.0686. The highest BCUT2D eigenvalue weighted by molar-refractivity contribution is 5.86. The number of carboxylic acid groups (broad SMARTS) is 1. The first kappa shape index (κ1) is 12.5. The number of ether oxygens (including phenoxy) is 2. The highest BCUT2D eigenvalue weighted by Crippen LogP contribution is 2.37. The fourth-order valence-corrected chi connectivity index (χ4v) is 2.10. The fraction of sp³-hybridized carbons (Fsp3) is 0.286.